The maximum atomic E-state index is 14.5. The Morgan fingerprint density at radius 3 is 2.59 bits per heavy atom. The molecule has 0 spiro atoms. The molecule has 246 valence electrons. The fraction of sp³-hybridized carbons (Fsp3) is 0.467. The van der Waals surface area contributed by atoms with E-state index in [0.717, 1.165) is 5.39 Å². The molecule has 1 saturated heterocycles. The van der Waals surface area contributed by atoms with Crippen molar-refractivity contribution < 1.29 is 42.8 Å². The van der Waals surface area contributed by atoms with Gasteiger partial charge < -0.3 is 34.7 Å². The first-order valence-electron chi connectivity index (χ1n) is 14.6. The molecule has 3 heterocycles. The van der Waals surface area contributed by atoms with Crippen LogP contribution in [0.15, 0.2) is 48.8 Å². The number of ether oxygens (including phenoxy) is 3. The van der Waals surface area contributed by atoms with E-state index in [1.807, 2.05) is 39.0 Å². The van der Waals surface area contributed by atoms with Gasteiger partial charge in [-0.05, 0) is 30.7 Å². The van der Waals surface area contributed by atoms with E-state index in [1.165, 1.54) is 31.9 Å². The van der Waals surface area contributed by atoms with Crippen LogP contribution in [0.2, 0.25) is 0 Å². The number of nitrogens with zero attached hydrogens (tertiary/aromatic N) is 4. The molecule has 5 N–H and O–H groups in total. The monoisotopic (exact) mass is 656 g/mol. The lowest BCUT2D eigenvalue weighted by Gasteiger charge is -2.33. The number of hydrogen-bond acceptors (Lipinski definition) is 13. The number of hydrogen-bond donors (Lipinski definition) is 4. The van der Waals surface area contributed by atoms with Gasteiger partial charge in [0, 0.05) is 5.39 Å². The molecule has 0 bridgehead atoms. The number of aliphatic hydroxyl groups is 2. The van der Waals surface area contributed by atoms with Crippen molar-refractivity contribution in [2.24, 2.45) is 5.41 Å². The Bertz CT molecular complexity index is 1850. The summed E-state index contributed by atoms with van der Waals surface area (Å²) in [5.41, 5.74) is 1.94. The predicted octanol–water partition coefficient (Wildman–Crippen LogP) is 3.10. The lowest BCUT2D eigenvalue weighted by atomic mass is 9.95. The van der Waals surface area contributed by atoms with E-state index < -0.39 is 49.4 Å². The van der Waals surface area contributed by atoms with Gasteiger partial charge in [-0.15, -0.1) is 0 Å². The number of nitrogens with one attached hydrogen (secondary N) is 1. The van der Waals surface area contributed by atoms with Crippen molar-refractivity contribution in [3.8, 4) is 11.6 Å². The molecular weight excluding hydrogens is 619 g/mol. The van der Waals surface area contributed by atoms with Crippen molar-refractivity contribution in [2.45, 2.75) is 70.3 Å². The van der Waals surface area contributed by atoms with Crippen LogP contribution in [-0.2, 0) is 23.4 Å². The maximum Gasteiger partial charge on any atom is 0.459 e. The van der Waals surface area contributed by atoms with Crippen molar-refractivity contribution in [3.63, 3.8) is 0 Å². The average molecular weight is 657 g/mol. The molecule has 2 aromatic heterocycles. The standard InChI is InChI=1S/C30H37N6O9P/c1-16(25(37)42-14-28(2,3)4)35-46(40,44-19-13-9-11-17-10-7-8-12-18(17)19)45-22-21-30(22,39)29(5,38)26(43-21)36-15-32-20-23(36)33-27(31)34-24(20)41-6/h7-13,15-16,21-22,26,38-39H,14H2,1-6H3,(H,35,40)(H2,31,33,34)/t16-,21+,22?,26?,29-,30-,46?/m0/s1. The smallest absolute Gasteiger partial charge is 0.459 e. The zero-order chi connectivity index (χ0) is 33.2. The summed E-state index contributed by atoms with van der Waals surface area (Å²) in [5, 5.41) is 27.6. The third-order valence-corrected chi connectivity index (χ3v) is 9.67. The molecule has 0 radical (unpaired) electrons. The fourth-order valence-electron chi connectivity index (χ4n) is 5.56. The lowest BCUT2D eigenvalue weighted by molar-refractivity contribution is -0.155. The zero-order valence-corrected chi connectivity index (χ0v) is 27.1. The van der Waals surface area contributed by atoms with Crippen LogP contribution >= 0.6 is 7.75 Å². The molecular formula is C30H37N6O9P. The molecule has 1 aliphatic heterocycles. The van der Waals surface area contributed by atoms with E-state index >= 15 is 0 Å². The quantitative estimate of drug-likeness (QED) is 0.143. The summed E-state index contributed by atoms with van der Waals surface area (Å²) in [7, 11) is -3.07. The number of imidazole rings is 1. The van der Waals surface area contributed by atoms with Crippen LogP contribution in [0.25, 0.3) is 21.9 Å². The Hall–Kier alpha value is -3.85. The molecule has 1 aliphatic carbocycles. The number of carbonyl (C=O) groups is 1. The van der Waals surface area contributed by atoms with Gasteiger partial charge in [-0.1, -0.05) is 57.2 Å². The summed E-state index contributed by atoms with van der Waals surface area (Å²) in [5.74, 6) is -0.441. The number of methoxy groups -OCH3 is 1. The van der Waals surface area contributed by atoms with Crippen molar-refractivity contribution in [3.05, 3.63) is 48.8 Å². The van der Waals surface area contributed by atoms with Crippen molar-refractivity contribution in [2.75, 3.05) is 19.5 Å². The van der Waals surface area contributed by atoms with Gasteiger partial charge in [-0.25, -0.2) is 9.55 Å². The molecule has 3 unspecified atom stereocenters. The second-order valence-electron chi connectivity index (χ2n) is 12.9. The summed E-state index contributed by atoms with van der Waals surface area (Å²) in [6, 6.07) is 11.4. The van der Waals surface area contributed by atoms with Crippen molar-refractivity contribution in [1.82, 2.24) is 24.6 Å². The van der Waals surface area contributed by atoms with Gasteiger partial charge >= 0.3 is 13.7 Å². The Morgan fingerprint density at radius 2 is 1.91 bits per heavy atom. The SMILES string of the molecule is COc1nc(N)nc2c1ncn2C1O[C@@H]2C(OP(=O)(N[C@@H](C)C(=O)OCC(C)(C)C)Oc3cccc4ccccc34)[C@]2(O)[C@@]1(C)O. The van der Waals surface area contributed by atoms with Crippen LogP contribution in [0.3, 0.4) is 0 Å². The second-order valence-corrected chi connectivity index (χ2v) is 14.6. The number of rotatable bonds is 10. The predicted molar refractivity (Wildman–Crippen MR) is 166 cm³/mol. The first-order chi connectivity index (χ1) is 21.6. The number of nitrogen functional groups attached to an aromatic ring is 1. The highest BCUT2D eigenvalue weighted by molar-refractivity contribution is 7.52. The molecule has 15 nitrogen and oxygen atoms in total. The van der Waals surface area contributed by atoms with E-state index in [-0.39, 0.29) is 40.8 Å². The van der Waals surface area contributed by atoms with Crippen LogP contribution in [0, 0.1) is 5.41 Å². The molecule has 2 aromatic carbocycles. The number of carbonyl (C=O) groups excluding carboxylic acids is 1. The highest BCUT2D eigenvalue weighted by Gasteiger charge is 2.84. The lowest BCUT2D eigenvalue weighted by Crippen LogP contribution is -2.49. The summed E-state index contributed by atoms with van der Waals surface area (Å²) in [6.07, 6.45) is -2.33. The Morgan fingerprint density at radius 1 is 1.20 bits per heavy atom. The second kappa shape index (κ2) is 11.1. The van der Waals surface area contributed by atoms with Crippen LogP contribution in [-0.4, -0.2) is 78.9 Å². The molecule has 46 heavy (non-hydrogen) atoms. The van der Waals surface area contributed by atoms with Gasteiger partial charge in [-0.3, -0.25) is 13.9 Å². The van der Waals surface area contributed by atoms with E-state index in [4.69, 9.17) is 29.0 Å². The molecule has 1 saturated carbocycles. The van der Waals surface area contributed by atoms with E-state index in [2.05, 4.69) is 20.0 Å². The van der Waals surface area contributed by atoms with Gasteiger partial charge in [-0.2, -0.15) is 15.1 Å². The minimum atomic E-state index is -4.48. The minimum Gasteiger partial charge on any atom is -0.479 e. The van der Waals surface area contributed by atoms with Gasteiger partial charge in [0.25, 0.3) is 0 Å². The number of anilines is 1. The first-order valence-corrected chi connectivity index (χ1v) is 16.2. The molecule has 2 fully saturated rings. The molecule has 4 aromatic rings. The van der Waals surface area contributed by atoms with Crippen LogP contribution < -0.4 is 20.1 Å². The van der Waals surface area contributed by atoms with E-state index in [0.29, 0.717) is 5.39 Å². The average Bonchev–Trinajstić information content (AvgIpc) is 3.23. The minimum absolute atomic E-state index is 0.0958. The summed E-state index contributed by atoms with van der Waals surface area (Å²) >= 11 is 0. The van der Waals surface area contributed by atoms with Crippen LogP contribution in [0.4, 0.5) is 5.95 Å². The first kappa shape index (κ1) is 32.1. The number of benzene rings is 2. The molecule has 7 atom stereocenters. The van der Waals surface area contributed by atoms with Gasteiger partial charge in [0.1, 0.15) is 29.6 Å². The number of esters is 1. The molecule has 0 amide bonds. The van der Waals surface area contributed by atoms with Gasteiger partial charge in [0.2, 0.25) is 11.8 Å². The maximum absolute atomic E-state index is 14.5. The highest BCUT2D eigenvalue weighted by atomic mass is 31.2. The highest BCUT2D eigenvalue weighted by Crippen LogP contribution is 2.65. The van der Waals surface area contributed by atoms with Crippen molar-refractivity contribution in [1.29, 1.82) is 0 Å². The summed E-state index contributed by atoms with van der Waals surface area (Å²) in [6.45, 7) is 8.67. The normalized spacial score (nSPS) is 27.6. The Balaban J connectivity index is 1.28. The van der Waals surface area contributed by atoms with Gasteiger partial charge in [0.15, 0.2) is 23.0 Å². The molecule has 2 aliphatic rings. The number of fused-ring (bicyclic) bond motifs is 3. The fourth-order valence-corrected chi connectivity index (χ4v) is 7.29. The van der Waals surface area contributed by atoms with Gasteiger partial charge in [0.05, 0.1) is 20.0 Å². The third kappa shape index (κ3) is 5.46. The van der Waals surface area contributed by atoms with Crippen LogP contribution in [0.1, 0.15) is 40.8 Å². The van der Waals surface area contributed by atoms with Crippen LogP contribution in [0.5, 0.6) is 11.6 Å². The largest absolute Gasteiger partial charge is 0.479 e. The number of aromatic nitrogens is 4. The van der Waals surface area contributed by atoms with E-state index in [1.54, 1.807) is 24.3 Å². The Labute approximate surface area is 264 Å². The topological polar surface area (TPSA) is 202 Å². The van der Waals surface area contributed by atoms with E-state index in [9.17, 15) is 19.6 Å². The third-order valence-electron chi connectivity index (χ3n) is 8.03. The summed E-state index contributed by atoms with van der Waals surface area (Å²) in [4.78, 5) is 25.4. The van der Waals surface area contributed by atoms with Crippen molar-refractivity contribution >= 4 is 41.6 Å². The summed E-state index contributed by atoms with van der Waals surface area (Å²) < 4.78 is 44.6. The molecule has 6 rings (SSSR count). The molecule has 16 heteroatoms. The Kier molecular flexibility index (Phi) is 7.78. The zero-order valence-electron chi connectivity index (χ0n) is 26.2. The number of nitrogens with two attached hydrogens (primary N) is 1.